The summed E-state index contributed by atoms with van der Waals surface area (Å²) in [5.74, 6) is 0.258. The summed E-state index contributed by atoms with van der Waals surface area (Å²) in [5, 5.41) is 10.6. The van der Waals surface area contributed by atoms with Crippen LogP contribution in [0.4, 0.5) is 0 Å². The zero-order valence-corrected chi connectivity index (χ0v) is 8.06. The molecule has 59 valence electrons. The lowest BCUT2D eigenvalue weighted by Gasteiger charge is -2.01. The largest absolute Gasteiger partial charge is 0.508 e. The van der Waals surface area contributed by atoms with E-state index in [4.69, 9.17) is 11.6 Å². The van der Waals surface area contributed by atoms with Crippen LogP contribution in [0.2, 0.25) is 5.02 Å². The molecule has 0 saturated carbocycles. The SMILES string of the molecule is Oc1ccc(Cl)cc1[CH]CBr. The Hall–Kier alpha value is -0.210. The van der Waals surface area contributed by atoms with Gasteiger partial charge in [-0.25, -0.2) is 0 Å². The third-order valence-corrected chi connectivity index (χ3v) is 1.85. The highest BCUT2D eigenvalue weighted by atomic mass is 79.9. The standard InChI is InChI=1S/C8H7BrClO/c9-4-3-6-5-7(10)1-2-8(6)11/h1-3,5,11H,4H2. The summed E-state index contributed by atoms with van der Waals surface area (Å²) in [6.45, 7) is 0. The van der Waals surface area contributed by atoms with Gasteiger partial charge in [-0.15, -0.1) is 0 Å². The van der Waals surface area contributed by atoms with Crippen molar-refractivity contribution in [2.45, 2.75) is 0 Å². The summed E-state index contributed by atoms with van der Waals surface area (Å²) in [7, 11) is 0. The fraction of sp³-hybridized carbons (Fsp3) is 0.125. The van der Waals surface area contributed by atoms with Gasteiger partial charge >= 0.3 is 0 Å². The van der Waals surface area contributed by atoms with Crippen molar-refractivity contribution >= 4 is 27.5 Å². The van der Waals surface area contributed by atoms with Gasteiger partial charge in [0.1, 0.15) is 5.75 Å². The molecule has 0 heterocycles. The fourth-order valence-electron chi connectivity index (χ4n) is 0.772. The lowest BCUT2D eigenvalue weighted by molar-refractivity contribution is 0.472. The molecule has 1 aromatic carbocycles. The van der Waals surface area contributed by atoms with E-state index in [0.29, 0.717) is 10.4 Å². The van der Waals surface area contributed by atoms with Gasteiger partial charge in [-0.2, -0.15) is 0 Å². The first-order chi connectivity index (χ1) is 5.24. The first-order valence-corrected chi connectivity index (χ1v) is 4.61. The van der Waals surface area contributed by atoms with E-state index in [1.54, 1.807) is 18.2 Å². The molecule has 3 heteroatoms. The fourth-order valence-corrected chi connectivity index (χ4v) is 1.30. The van der Waals surface area contributed by atoms with Crippen molar-refractivity contribution in [2.24, 2.45) is 0 Å². The van der Waals surface area contributed by atoms with Crippen LogP contribution in [0.15, 0.2) is 18.2 Å². The minimum absolute atomic E-state index is 0.258. The third kappa shape index (κ3) is 2.38. The normalized spacial score (nSPS) is 10.0. The summed E-state index contributed by atoms with van der Waals surface area (Å²) in [6.07, 6.45) is 1.85. The van der Waals surface area contributed by atoms with Crippen LogP contribution in [-0.4, -0.2) is 10.4 Å². The minimum atomic E-state index is 0.258. The monoisotopic (exact) mass is 233 g/mol. The quantitative estimate of drug-likeness (QED) is 0.780. The van der Waals surface area contributed by atoms with Crippen molar-refractivity contribution in [1.29, 1.82) is 0 Å². The molecule has 0 aliphatic carbocycles. The molecule has 1 radical (unpaired) electrons. The number of phenols is 1. The van der Waals surface area contributed by atoms with E-state index in [9.17, 15) is 5.11 Å². The van der Waals surface area contributed by atoms with Crippen LogP contribution < -0.4 is 0 Å². The lowest BCUT2D eigenvalue weighted by atomic mass is 10.1. The lowest BCUT2D eigenvalue weighted by Crippen LogP contribution is -1.82. The molecular formula is C8H7BrClO. The van der Waals surface area contributed by atoms with E-state index in [1.165, 1.54) is 0 Å². The molecule has 0 unspecified atom stereocenters. The maximum absolute atomic E-state index is 9.26. The van der Waals surface area contributed by atoms with Gasteiger partial charge in [0.15, 0.2) is 0 Å². The van der Waals surface area contributed by atoms with Crippen molar-refractivity contribution in [3.8, 4) is 5.75 Å². The molecule has 1 nitrogen and oxygen atoms in total. The second kappa shape index (κ2) is 3.98. The van der Waals surface area contributed by atoms with Gasteiger partial charge in [0.2, 0.25) is 0 Å². The molecule has 1 rings (SSSR count). The van der Waals surface area contributed by atoms with Crippen LogP contribution in [0.1, 0.15) is 5.56 Å². The van der Waals surface area contributed by atoms with E-state index in [0.717, 1.165) is 5.56 Å². The Kier molecular flexibility index (Phi) is 3.21. The molecule has 0 aliphatic rings. The first kappa shape index (κ1) is 8.88. The number of benzene rings is 1. The van der Waals surface area contributed by atoms with Crippen molar-refractivity contribution in [3.05, 3.63) is 35.2 Å². The summed E-state index contributed by atoms with van der Waals surface area (Å²) < 4.78 is 0. The predicted molar refractivity (Wildman–Crippen MR) is 50.3 cm³/mol. The van der Waals surface area contributed by atoms with Gasteiger partial charge in [0.05, 0.1) is 0 Å². The number of alkyl halides is 1. The molecule has 0 saturated heterocycles. The number of hydrogen-bond acceptors (Lipinski definition) is 1. The Bertz CT molecular complexity index is 250. The van der Waals surface area contributed by atoms with Crippen LogP contribution in [0.5, 0.6) is 5.75 Å². The zero-order chi connectivity index (χ0) is 8.27. The van der Waals surface area contributed by atoms with Gasteiger partial charge in [0.25, 0.3) is 0 Å². The molecule has 1 N–H and O–H groups in total. The third-order valence-electron chi connectivity index (χ3n) is 1.29. The van der Waals surface area contributed by atoms with Crippen LogP contribution in [0.3, 0.4) is 0 Å². The van der Waals surface area contributed by atoms with Crippen molar-refractivity contribution in [2.75, 3.05) is 5.33 Å². The van der Waals surface area contributed by atoms with E-state index < -0.39 is 0 Å². The molecule has 0 amide bonds. The molecule has 0 fully saturated rings. The first-order valence-electron chi connectivity index (χ1n) is 3.11. The summed E-state index contributed by atoms with van der Waals surface area (Å²) in [4.78, 5) is 0. The molecule has 11 heavy (non-hydrogen) atoms. The average molecular weight is 234 g/mol. The highest BCUT2D eigenvalue weighted by Crippen LogP contribution is 2.23. The van der Waals surface area contributed by atoms with Gasteiger partial charge in [-0.1, -0.05) is 27.5 Å². The Morgan fingerprint density at radius 3 is 2.91 bits per heavy atom. The predicted octanol–water partition coefficient (Wildman–Crippen LogP) is 2.99. The van der Waals surface area contributed by atoms with E-state index in [1.807, 2.05) is 6.42 Å². The number of aromatic hydroxyl groups is 1. The maximum Gasteiger partial charge on any atom is 0.119 e. The van der Waals surface area contributed by atoms with E-state index in [2.05, 4.69) is 15.9 Å². The molecule has 0 spiro atoms. The Morgan fingerprint density at radius 2 is 2.27 bits per heavy atom. The zero-order valence-electron chi connectivity index (χ0n) is 5.72. The van der Waals surface area contributed by atoms with Crippen molar-refractivity contribution in [3.63, 3.8) is 0 Å². The van der Waals surface area contributed by atoms with Gasteiger partial charge in [-0.3, -0.25) is 0 Å². The van der Waals surface area contributed by atoms with Crippen LogP contribution in [-0.2, 0) is 0 Å². The van der Waals surface area contributed by atoms with Gasteiger partial charge in [0, 0.05) is 16.8 Å². The van der Waals surface area contributed by atoms with Gasteiger partial charge in [-0.05, 0) is 23.8 Å². The van der Waals surface area contributed by atoms with E-state index >= 15 is 0 Å². The Balaban J connectivity index is 2.93. The number of halogens is 2. The second-order valence-electron chi connectivity index (χ2n) is 2.06. The summed E-state index contributed by atoms with van der Waals surface area (Å²) >= 11 is 8.94. The summed E-state index contributed by atoms with van der Waals surface area (Å²) in [5.41, 5.74) is 0.759. The summed E-state index contributed by atoms with van der Waals surface area (Å²) in [6, 6.07) is 4.96. The molecular weight excluding hydrogens is 227 g/mol. The number of phenolic OH excluding ortho intramolecular Hbond substituents is 1. The van der Waals surface area contributed by atoms with Crippen molar-refractivity contribution < 1.29 is 5.11 Å². The topological polar surface area (TPSA) is 20.2 Å². The van der Waals surface area contributed by atoms with Gasteiger partial charge < -0.3 is 5.11 Å². The Labute approximate surface area is 79.1 Å². The molecule has 0 bridgehead atoms. The molecule has 0 aromatic heterocycles. The number of hydrogen-bond donors (Lipinski definition) is 1. The maximum atomic E-state index is 9.26. The van der Waals surface area contributed by atoms with E-state index in [-0.39, 0.29) is 5.75 Å². The Morgan fingerprint density at radius 1 is 1.55 bits per heavy atom. The van der Waals surface area contributed by atoms with Crippen LogP contribution in [0, 0.1) is 6.42 Å². The highest BCUT2D eigenvalue weighted by Gasteiger charge is 2.00. The second-order valence-corrected chi connectivity index (χ2v) is 3.15. The van der Waals surface area contributed by atoms with Crippen LogP contribution in [0.25, 0.3) is 0 Å². The number of rotatable bonds is 2. The molecule has 0 atom stereocenters. The molecule has 0 aliphatic heterocycles. The minimum Gasteiger partial charge on any atom is -0.508 e. The van der Waals surface area contributed by atoms with Crippen LogP contribution >= 0.6 is 27.5 Å². The molecule has 1 aromatic rings. The smallest absolute Gasteiger partial charge is 0.119 e. The van der Waals surface area contributed by atoms with Crippen molar-refractivity contribution in [1.82, 2.24) is 0 Å². The average Bonchev–Trinajstić information content (AvgIpc) is 1.98. The highest BCUT2D eigenvalue weighted by molar-refractivity contribution is 9.09.